The number of rotatable bonds is 6. The number of aromatic nitrogens is 6. The molecule has 0 bridgehead atoms. The zero-order chi connectivity index (χ0) is 45.9. The highest BCUT2D eigenvalue weighted by Gasteiger charge is 2.23. The van der Waals surface area contributed by atoms with Crippen molar-refractivity contribution in [3.8, 4) is 45.5 Å². The van der Waals surface area contributed by atoms with Gasteiger partial charge in [-0.25, -0.2) is 9.97 Å². The number of hydrogen-bond donors (Lipinski definition) is 0. The quantitative estimate of drug-likeness (QED) is 0.167. The molecule has 0 aliphatic heterocycles. The molecule has 0 spiro atoms. The molecule has 15 rings (SSSR count). The standard InChI is InChI=1S/C64H40N6/c1-3-18-41(19-4-1)52-28-16-34-61(65-52)69-55-31-12-9-26-47(55)51-39-59-50(40-60(51)69)46-25-8-11-30-54(46)68(59)44-23-15-22-43(38-44)67-57-33-14-10-27-49(57)63-58(67)37-36-48-45-24-7-13-32-56(45)70(64(48)63)62-35-17-29-53(66-62)42-20-5-2-6-21-42/h1-40H. The third-order valence-electron chi connectivity index (χ3n) is 14.3. The Morgan fingerprint density at radius 3 is 1.26 bits per heavy atom. The number of nitrogens with zero attached hydrogens (tertiary/aromatic N) is 6. The van der Waals surface area contributed by atoms with Crippen molar-refractivity contribution in [2.75, 3.05) is 0 Å². The lowest BCUT2D eigenvalue weighted by Crippen LogP contribution is -2.00. The van der Waals surface area contributed by atoms with Crippen molar-refractivity contribution in [1.29, 1.82) is 0 Å². The van der Waals surface area contributed by atoms with Crippen LogP contribution in [0.4, 0.5) is 0 Å². The fourth-order valence-electron chi connectivity index (χ4n) is 11.4. The van der Waals surface area contributed by atoms with Crippen LogP contribution >= 0.6 is 0 Å². The van der Waals surface area contributed by atoms with E-state index in [2.05, 4.69) is 255 Å². The maximum atomic E-state index is 5.34. The van der Waals surface area contributed by atoms with E-state index < -0.39 is 0 Å². The van der Waals surface area contributed by atoms with Crippen LogP contribution in [0.25, 0.3) is 133 Å². The van der Waals surface area contributed by atoms with Gasteiger partial charge in [0.05, 0.1) is 55.5 Å². The van der Waals surface area contributed by atoms with Crippen LogP contribution in [0.2, 0.25) is 0 Å². The van der Waals surface area contributed by atoms with Gasteiger partial charge in [-0.2, -0.15) is 0 Å². The van der Waals surface area contributed by atoms with Gasteiger partial charge < -0.3 is 9.13 Å². The monoisotopic (exact) mass is 892 g/mol. The van der Waals surface area contributed by atoms with Crippen LogP contribution in [0.5, 0.6) is 0 Å². The molecule has 0 fully saturated rings. The molecule has 0 atom stereocenters. The minimum atomic E-state index is 0.888. The minimum absolute atomic E-state index is 0.888. The molecule has 0 saturated heterocycles. The number of fused-ring (bicyclic) bond motifs is 13. The molecule has 6 heterocycles. The van der Waals surface area contributed by atoms with Crippen LogP contribution in [0.3, 0.4) is 0 Å². The predicted molar refractivity (Wildman–Crippen MR) is 290 cm³/mol. The second-order valence-corrected chi connectivity index (χ2v) is 18.2. The minimum Gasteiger partial charge on any atom is -0.309 e. The van der Waals surface area contributed by atoms with Crippen LogP contribution in [0, 0.1) is 0 Å². The summed E-state index contributed by atoms with van der Waals surface area (Å²) < 4.78 is 9.60. The second-order valence-electron chi connectivity index (χ2n) is 18.2. The Balaban J connectivity index is 0.956. The highest BCUT2D eigenvalue weighted by atomic mass is 15.1. The van der Waals surface area contributed by atoms with E-state index in [1.165, 1.54) is 43.1 Å². The van der Waals surface area contributed by atoms with E-state index in [1.807, 2.05) is 6.07 Å². The third kappa shape index (κ3) is 5.62. The molecule has 0 amide bonds. The molecule has 0 radical (unpaired) electrons. The summed E-state index contributed by atoms with van der Waals surface area (Å²) in [5.41, 5.74) is 15.4. The highest BCUT2D eigenvalue weighted by molar-refractivity contribution is 6.26. The summed E-state index contributed by atoms with van der Waals surface area (Å²) in [5, 5.41) is 9.54. The molecule has 326 valence electrons. The van der Waals surface area contributed by atoms with Crippen LogP contribution in [-0.4, -0.2) is 28.2 Å². The topological polar surface area (TPSA) is 45.5 Å². The van der Waals surface area contributed by atoms with Crippen molar-refractivity contribution in [2.45, 2.75) is 0 Å². The number of hydrogen-bond acceptors (Lipinski definition) is 2. The van der Waals surface area contributed by atoms with E-state index in [-0.39, 0.29) is 0 Å². The SMILES string of the molecule is c1ccc(-c2cccc(-n3c4ccccc4c4cc5c(cc43)c3ccccc3n5-c3cccc(-n4c5ccccc5c5c4ccc4c6ccccc6n(-c6cccc(-c7ccccc7)n6)c45)c3)n2)cc1. The lowest BCUT2D eigenvalue weighted by Gasteiger charge is -2.13. The van der Waals surface area contributed by atoms with Crippen LogP contribution < -0.4 is 0 Å². The maximum Gasteiger partial charge on any atom is 0.138 e. The summed E-state index contributed by atoms with van der Waals surface area (Å²) in [6.45, 7) is 0. The first-order valence-electron chi connectivity index (χ1n) is 23.8. The first-order valence-corrected chi connectivity index (χ1v) is 23.8. The smallest absolute Gasteiger partial charge is 0.138 e. The van der Waals surface area contributed by atoms with Gasteiger partial charge in [0.1, 0.15) is 11.6 Å². The number of pyridine rings is 2. The van der Waals surface area contributed by atoms with Gasteiger partial charge in [-0.15, -0.1) is 0 Å². The van der Waals surface area contributed by atoms with Crippen LogP contribution in [0.15, 0.2) is 243 Å². The van der Waals surface area contributed by atoms with Crippen LogP contribution in [0.1, 0.15) is 0 Å². The lowest BCUT2D eigenvalue weighted by atomic mass is 10.1. The fraction of sp³-hybridized carbons (Fsp3) is 0. The average molecular weight is 893 g/mol. The Kier molecular flexibility index (Phi) is 8.26. The van der Waals surface area contributed by atoms with E-state index in [0.29, 0.717) is 0 Å². The van der Waals surface area contributed by atoms with Crippen molar-refractivity contribution >= 4 is 87.2 Å². The molecule has 0 N–H and O–H groups in total. The largest absolute Gasteiger partial charge is 0.309 e. The highest BCUT2D eigenvalue weighted by Crippen LogP contribution is 2.44. The van der Waals surface area contributed by atoms with Crippen molar-refractivity contribution in [3.63, 3.8) is 0 Å². The zero-order valence-corrected chi connectivity index (χ0v) is 37.8. The molecule has 0 aliphatic rings. The molecule has 0 aliphatic carbocycles. The van der Waals surface area contributed by atoms with Gasteiger partial charge in [-0.05, 0) is 84.9 Å². The molecule has 6 heteroatoms. The zero-order valence-electron chi connectivity index (χ0n) is 37.8. The molecule has 0 saturated carbocycles. The number of benzene rings is 9. The van der Waals surface area contributed by atoms with Crippen molar-refractivity contribution < 1.29 is 0 Å². The van der Waals surface area contributed by atoms with Crippen molar-refractivity contribution in [3.05, 3.63) is 243 Å². The molecule has 6 aromatic heterocycles. The molecule has 0 unspecified atom stereocenters. The summed E-state index contributed by atoms with van der Waals surface area (Å²) in [5.74, 6) is 1.78. The molecule has 6 nitrogen and oxygen atoms in total. The van der Waals surface area contributed by atoms with Gasteiger partial charge in [0.15, 0.2) is 0 Å². The Bertz CT molecular complexity index is 4590. The van der Waals surface area contributed by atoms with Crippen molar-refractivity contribution in [2.24, 2.45) is 0 Å². The predicted octanol–water partition coefficient (Wildman–Crippen LogP) is 16.2. The summed E-state index contributed by atoms with van der Waals surface area (Å²) in [6.07, 6.45) is 0. The Morgan fingerprint density at radius 1 is 0.243 bits per heavy atom. The first kappa shape index (κ1) is 38.6. The van der Waals surface area contributed by atoms with Crippen LogP contribution in [-0.2, 0) is 0 Å². The first-order chi connectivity index (χ1) is 34.7. The fourth-order valence-corrected chi connectivity index (χ4v) is 11.4. The Labute approximate surface area is 401 Å². The Hall–Kier alpha value is -9.52. The average Bonchev–Trinajstić information content (AvgIpc) is 4.15. The third-order valence-corrected chi connectivity index (χ3v) is 14.3. The van der Waals surface area contributed by atoms with E-state index in [4.69, 9.17) is 9.97 Å². The lowest BCUT2D eigenvalue weighted by molar-refractivity contribution is 1.08. The molecule has 9 aromatic carbocycles. The molecule has 70 heavy (non-hydrogen) atoms. The van der Waals surface area contributed by atoms with Gasteiger partial charge in [0, 0.05) is 65.6 Å². The normalized spacial score (nSPS) is 12.0. The summed E-state index contributed by atoms with van der Waals surface area (Å²) in [4.78, 5) is 10.6. The molecular weight excluding hydrogens is 853 g/mol. The number of para-hydroxylation sites is 4. The van der Waals surface area contributed by atoms with Crippen molar-refractivity contribution in [1.82, 2.24) is 28.2 Å². The van der Waals surface area contributed by atoms with E-state index in [1.54, 1.807) is 0 Å². The second kappa shape index (κ2) is 15.0. The summed E-state index contributed by atoms with van der Waals surface area (Å²) in [7, 11) is 0. The van der Waals surface area contributed by atoms with Gasteiger partial charge in [0.25, 0.3) is 0 Å². The maximum absolute atomic E-state index is 5.34. The van der Waals surface area contributed by atoms with E-state index in [0.717, 1.165) is 89.7 Å². The Morgan fingerprint density at radius 2 is 0.671 bits per heavy atom. The van der Waals surface area contributed by atoms with E-state index in [9.17, 15) is 0 Å². The van der Waals surface area contributed by atoms with Gasteiger partial charge in [-0.3, -0.25) is 9.13 Å². The summed E-state index contributed by atoms with van der Waals surface area (Å²) >= 11 is 0. The van der Waals surface area contributed by atoms with Gasteiger partial charge >= 0.3 is 0 Å². The molecular formula is C64H40N6. The van der Waals surface area contributed by atoms with Gasteiger partial charge in [-0.1, -0.05) is 158 Å². The van der Waals surface area contributed by atoms with E-state index >= 15 is 0 Å². The summed E-state index contributed by atoms with van der Waals surface area (Å²) in [6, 6.07) is 87.1. The molecule has 15 aromatic rings. The van der Waals surface area contributed by atoms with Gasteiger partial charge in [0.2, 0.25) is 0 Å².